The number of anilines is 1. The Labute approximate surface area is 151 Å². The van der Waals surface area contributed by atoms with Gasteiger partial charge in [-0.15, -0.1) is 0 Å². The van der Waals surface area contributed by atoms with E-state index < -0.39 is 0 Å². The van der Waals surface area contributed by atoms with Gasteiger partial charge in [0.2, 0.25) is 0 Å². The number of thiophene rings is 1. The number of nitrogens with one attached hydrogen (secondary N) is 1. The number of ether oxygens (including phenoxy) is 1. The second-order valence-electron chi connectivity index (χ2n) is 6.91. The SMILES string of the molecule is C[C@H]1[C@H](NC(=O)c2ccc(Oc3cccc(N)c3)s2)C2CCN1CC2. The van der Waals surface area contributed by atoms with Gasteiger partial charge in [-0.2, -0.15) is 0 Å². The number of nitrogens with zero attached hydrogens (tertiary/aromatic N) is 1. The molecule has 3 aliphatic rings. The Balaban J connectivity index is 1.42. The van der Waals surface area contributed by atoms with Crippen molar-refractivity contribution in [1.82, 2.24) is 10.2 Å². The van der Waals surface area contributed by atoms with E-state index in [4.69, 9.17) is 10.5 Å². The van der Waals surface area contributed by atoms with Crippen molar-refractivity contribution in [3.8, 4) is 10.8 Å². The van der Waals surface area contributed by atoms with Gasteiger partial charge in [0, 0.05) is 23.8 Å². The summed E-state index contributed by atoms with van der Waals surface area (Å²) in [6.45, 7) is 4.55. The second kappa shape index (κ2) is 6.69. The highest BCUT2D eigenvalue weighted by atomic mass is 32.1. The summed E-state index contributed by atoms with van der Waals surface area (Å²) < 4.78 is 5.80. The number of nitrogen functional groups attached to an aromatic ring is 1. The quantitative estimate of drug-likeness (QED) is 0.824. The van der Waals surface area contributed by atoms with Crippen LogP contribution in [0.1, 0.15) is 29.4 Å². The van der Waals surface area contributed by atoms with Crippen LogP contribution >= 0.6 is 11.3 Å². The Hall–Kier alpha value is -2.05. The molecule has 6 heteroatoms. The minimum absolute atomic E-state index is 0.00183. The van der Waals surface area contributed by atoms with Crippen LogP contribution in [0.15, 0.2) is 36.4 Å². The molecule has 1 amide bonds. The lowest BCUT2D eigenvalue weighted by molar-refractivity contribution is 0.0218. The number of carbonyl (C=O) groups is 1. The summed E-state index contributed by atoms with van der Waals surface area (Å²) in [7, 11) is 0. The van der Waals surface area contributed by atoms with Gasteiger partial charge < -0.3 is 15.8 Å². The van der Waals surface area contributed by atoms with Gasteiger partial charge in [-0.05, 0) is 63.0 Å². The first-order valence-corrected chi connectivity index (χ1v) is 9.60. The minimum atomic E-state index is -0.00183. The molecule has 0 unspecified atom stereocenters. The molecule has 0 aliphatic carbocycles. The summed E-state index contributed by atoms with van der Waals surface area (Å²) in [5.41, 5.74) is 6.42. The zero-order valence-electron chi connectivity index (χ0n) is 14.3. The normalized spacial score (nSPS) is 27.9. The predicted octanol–water partition coefficient (Wildman–Crippen LogP) is 3.34. The number of nitrogens with two attached hydrogens (primary N) is 1. The fraction of sp³-hybridized carbons (Fsp3) is 0.421. The van der Waals surface area contributed by atoms with Crippen LogP contribution in [0.25, 0.3) is 0 Å². The average Bonchev–Trinajstić information content (AvgIpc) is 3.07. The van der Waals surface area contributed by atoms with Crippen molar-refractivity contribution in [3.05, 3.63) is 41.3 Å². The van der Waals surface area contributed by atoms with E-state index in [-0.39, 0.29) is 11.9 Å². The number of hydrogen-bond donors (Lipinski definition) is 2. The Morgan fingerprint density at radius 3 is 2.80 bits per heavy atom. The summed E-state index contributed by atoms with van der Waals surface area (Å²) in [6.07, 6.45) is 2.37. The van der Waals surface area contributed by atoms with Crippen LogP contribution in [-0.2, 0) is 0 Å². The van der Waals surface area contributed by atoms with Gasteiger partial charge in [0.15, 0.2) is 5.06 Å². The third-order valence-electron chi connectivity index (χ3n) is 5.36. The third-order valence-corrected chi connectivity index (χ3v) is 6.32. The Kier molecular flexibility index (Phi) is 4.39. The van der Waals surface area contributed by atoms with Crippen molar-refractivity contribution in [2.45, 2.75) is 31.8 Å². The summed E-state index contributed by atoms with van der Waals surface area (Å²) in [5.74, 6) is 1.28. The fourth-order valence-corrected chi connectivity index (χ4v) is 4.74. The lowest BCUT2D eigenvalue weighted by Crippen LogP contribution is -2.62. The van der Waals surface area contributed by atoms with Crippen molar-refractivity contribution < 1.29 is 9.53 Å². The fourth-order valence-electron chi connectivity index (χ4n) is 3.96. The van der Waals surface area contributed by atoms with E-state index in [0.717, 1.165) is 13.1 Å². The molecule has 5 rings (SSSR count). The molecule has 2 bridgehead atoms. The number of carbonyl (C=O) groups excluding carboxylic acids is 1. The lowest BCUT2D eigenvalue weighted by Gasteiger charge is -2.49. The monoisotopic (exact) mass is 357 g/mol. The van der Waals surface area contributed by atoms with Gasteiger partial charge in [-0.25, -0.2) is 0 Å². The van der Waals surface area contributed by atoms with E-state index in [1.54, 1.807) is 6.07 Å². The van der Waals surface area contributed by atoms with E-state index in [2.05, 4.69) is 17.1 Å². The lowest BCUT2D eigenvalue weighted by atomic mass is 9.79. The van der Waals surface area contributed by atoms with Crippen LogP contribution in [0, 0.1) is 5.92 Å². The average molecular weight is 357 g/mol. The highest BCUT2D eigenvalue weighted by molar-refractivity contribution is 7.15. The van der Waals surface area contributed by atoms with Crippen molar-refractivity contribution in [1.29, 1.82) is 0 Å². The smallest absolute Gasteiger partial charge is 0.261 e. The molecule has 0 spiro atoms. The highest BCUT2D eigenvalue weighted by Gasteiger charge is 2.40. The van der Waals surface area contributed by atoms with Crippen LogP contribution in [0.4, 0.5) is 5.69 Å². The summed E-state index contributed by atoms with van der Waals surface area (Å²) in [4.78, 5) is 15.8. The summed E-state index contributed by atoms with van der Waals surface area (Å²) in [6, 6.07) is 11.6. The Bertz CT molecular complexity index is 766. The summed E-state index contributed by atoms with van der Waals surface area (Å²) in [5, 5.41) is 3.95. The van der Waals surface area contributed by atoms with Gasteiger partial charge in [0.25, 0.3) is 5.91 Å². The van der Waals surface area contributed by atoms with Crippen LogP contribution in [0.5, 0.6) is 10.8 Å². The van der Waals surface area contributed by atoms with Crippen molar-refractivity contribution >= 4 is 22.9 Å². The molecular weight excluding hydrogens is 334 g/mol. The molecule has 3 saturated heterocycles. The molecule has 3 N–H and O–H groups in total. The maximum absolute atomic E-state index is 12.7. The number of fused-ring (bicyclic) bond motifs is 3. The molecule has 1 aromatic carbocycles. The Morgan fingerprint density at radius 1 is 1.28 bits per heavy atom. The standard InChI is InChI=1S/C19H23N3O2S/c1-12-18(13-7-9-22(12)10-8-13)21-19(23)16-5-6-17(25-16)24-15-4-2-3-14(20)11-15/h2-6,11-13,18H,7-10,20H2,1H3,(H,21,23)/t12-,18-/m0/s1. The van der Waals surface area contributed by atoms with E-state index in [9.17, 15) is 4.79 Å². The maximum atomic E-state index is 12.7. The minimum Gasteiger partial charge on any atom is -0.447 e. The van der Waals surface area contributed by atoms with Crippen LogP contribution in [-0.4, -0.2) is 36.0 Å². The molecule has 0 saturated carbocycles. The van der Waals surface area contributed by atoms with Crippen molar-refractivity contribution in [2.75, 3.05) is 18.8 Å². The second-order valence-corrected chi connectivity index (χ2v) is 7.95. The number of rotatable bonds is 4. The molecule has 4 heterocycles. The van der Waals surface area contributed by atoms with Gasteiger partial charge in [-0.3, -0.25) is 9.69 Å². The first-order chi connectivity index (χ1) is 12.1. The van der Waals surface area contributed by atoms with Crippen LogP contribution in [0.3, 0.4) is 0 Å². The number of piperidine rings is 3. The largest absolute Gasteiger partial charge is 0.447 e. The number of benzene rings is 1. The molecule has 132 valence electrons. The highest BCUT2D eigenvalue weighted by Crippen LogP contribution is 2.33. The zero-order valence-corrected chi connectivity index (χ0v) is 15.1. The number of amides is 1. The molecule has 3 aliphatic heterocycles. The topological polar surface area (TPSA) is 67.6 Å². The Morgan fingerprint density at radius 2 is 2.08 bits per heavy atom. The molecule has 25 heavy (non-hydrogen) atoms. The van der Waals surface area contributed by atoms with Crippen molar-refractivity contribution in [3.63, 3.8) is 0 Å². The van der Waals surface area contributed by atoms with E-state index in [0.29, 0.717) is 33.3 Å². The molecule has 0 radical (unpaired) electrons. The van der Waals surface area contributed by atoms with Crippen molar-refractivity contribution in [2.24, 2.45) is 5.92 Å². The van der Waals surface area contributed by atoms with Gasteiger partial charge in [-0.1, -0.05) is 17.4 Å². The first kappa shape index (κ1) is 16.4. The van der Waals surface area contributed by atoms with E-state index in [1.807, 2.05) is 30.3 Å². The molecular formula is C19H23N3O2S. The maximum Gasteiger partial charge on any atom is 0.261 e. The first-order valence-electron chi connectivity index (χ1n) is 8.78. The van der Waals surface area contributed by atoms with Gasteiger partial charge >= 0.3 is 0 Å². The zero-order chi connectivity index (χ0) is 17.4. The molecule has 1 aromatic heterocycles. The van der Waals surface area contributed by atoms with Crippen LogP contribution < -0.4 is 15.8 Å². The molecule has 5 nitrogen and oxygen atoms in total. The summed E-state index contributed by atoms with van der Waals surface area (Å²) >= 11 is 1.36. The predicted molar refractivity (Wildman–Crippen MR) is 100 cm³/mol. The van der Waals surface area contributed by atoms with Crippen LogP contribution in [0.2, 0.25) is 0 Å². The van der Waals surface area contributed by atoms with E-state index >= 15 is 0 Å². The van der Waals surface area contributed by atoms with E-state index in [1.165, 1.54) is 24.2 Å². The molecule has 3 fully saturated rings. The third kappa shape index (κ3) is 3.37. The molecule has 2 aromatic rings. The molecule has 2 atom stereocenters. The van der Waals surface area contributed by atoms with Gasteiger partial charge in [0.1, 0.15) is 5.75 Å². The van der Waals surface area contributed by atoms with Gasteiger partial charge in [0.05, 0.1) is 4.88 Å². The number of hydrogen-bond acceptors (Lipinski definition) is 5.